The Balaban J connectivity index is 1.69. The molecule has 0 spiro atoms. The predicted octanol–water partition coefficient (Wildman–Crippen LogP) is 2.21. The second-order valence-electron chi connectivity index (χ2n) is 6.19. The number of sulfonamides is 1. The Kier molecular flexibility index (Phi) is 4.27. The smallest absolute Gasteiger partial charge is 0.408 e. The fourth-order valence-electron chi connectivity index (χ4n) is 2.99. The highest BCUT2D eigenvalue weighted by Gasteiger charge is 2.18. The molecular weight excluding hydrogens is 382 g/mol. The highest BCUT2D eigenvalue weighted by molar-refractivity contribution is 7.92. The molecule has 2 aromatic heterocycles. The minimum atomic E-state index is -3.87. The number of oxazole rings is 1. The average molecular weight is 399 g/mol. The van der Waals surface area contributed by atoms with Gasteiger partial charge in [0.1, 0.15) is 6.33 Å². The molecule has 2 aromatic carbocycles. The zero-order valence-electron chi connectivity index (χ0n) is 15.2. The molecular formula is C18H17N5O4S. The van der Waals surface area contributed by atoms with Crippen molar-refractivity contribution >= 4 is 26.8 Å². The van der Waals surface area contributed by atoms with E-state index < -0.39 is 15.8 Å². The molecule has 10 heteroatoms. The third kappa shape index (κ3) is 3.07. The van der Waals surface area contributed by atoms with Crippen molar-refractivity contribution in [3.63, 3.8) is 0 Å². The van der Waals surface area contributed by atoms with Crippen molar-refractivity contribution in [3.8, 4) is 11.4 Å². The lowest BCUT2D eigenvalue weighted by Gasteiger charge is -2.09. The van der Waals surface area contributed by atoms with Crippen LogP contribution in [0.3, 0.4) is 0 Å². The summed E-state index contributed by atoms with van der Waals surface area (Å²) in [5, 5.41) is 7.86. The van der Waals surface area contributed by atoms with Gasteiger partial charge < -0.3 is 8.98 Å². The Morgan fingerprint density at radius 2 is 2.00 bits per heavy atom. The topological polar surface area (TPSA) is 112 Å². The number of nitrogens with one attached hydrogen (secondary N) is 1. The minimum absolute atomic E-state index is 0.000986. The zero-order chi connectivity index (χ0) is 19.9. The van der Waals surface area contributed by atoms with Crippen LogP contribution < -0.4 is 10.5 Å². The lowest BCUT2D eigenvalue weighted by atomic mass is 10.2. The van der Waals surface area contributed by atoms with E-state index in [0.29, 0.717) is 23.6 Å². The summed E-state index contributed by atoms with van der Waals surface area (Å²) in [4.78, 5) is 11.8. The second-order valence-corrected chi connectivity index (χ2v) is 7.88. The number of rotatable bonds is 5. The molecule has 0 atom stereocenters. The molecule has 0 fully saturated rings. The van der Waals surface area contributed by atoms with Crippen LogP contribution in [0.5, 0.6) is 0 Å². The lowest BCUT2D eigenvalue weighted by molar-refractivity contribution is 0.512. The number of nitrogens with zero attached hydrogens (tertiary/aromatic N) is 4. The maximum atomic E-state index is 12.8. The van der Waals surface area contributed by atoms with Crippen LogP contribution in [0.1, 0.15) is 6.92 Å². The van der Waals surface area contributed by atoms with Crippen LogP contribution in [0.25, 0.3) is 22.5 Å². The molecule has 0 aliphatic rings. The number of hydrogen-bond donors (Lipinski definition) is 1. The molecule has 0 aliphatic heterocycles. The van der Waals surface area contributed by atoms with Crippen LogP contribution in [-0.4, -0.2) is 27.7 Å². The quantitative estimate of drug-likeness (QED) is 0.551. The average Bonchev–Trinajstić information content (AvgIpc) is 3.22. The predicted molar refractivity (Wildman–Crippen MR) is 103 cm³/mol. The summed E-state index contributed by atoms with van der Waals surface area (Å²) < 4.78 is 36.5. The highest BCUT2D eigenvalue weighted by atomic mass is 32.2. The van der Waals surface area contributed by atoms with Crippen molar-refractivity contribution < 1.29 is 12.8 Å². The van der Waals surface area contributed by atoms with E-state index in [-0.39, 0.29) is 10.5 Å². The fourth-order valence-corrected chi connectivity index (χ4v) is 4.06. The van der Waals surface area contributed by atoms with E-state index in [4.69, 9.17) is 4.42 Å². The zero-order valence-corrected chi connectivity index (χ0v) is 16.0. The maximum absolute atomic E-state index is 12.8. The molecule has 0 saturated heterocycles. The van der Waals surface area contributed by atoms with Crippen LogP contribution in [0.2, 0.25) is 0 Å². The van der Waals surface area contributed by atoms with Gasteiger partial charge in [0.15, 0.2) is 11.4 Å². The van der Waals surface area contributed by atoms with Crippen LogP contribution in [0, 0.1) is 0 Å². The monoisotopic (exact) mass is 399 g/mol. The molecule has 0 aliphatic carbocycles. The number of aromatic nitrogens is 4. The van der Waals surface area contributed by atoms with Gasteiger partial charge in [0.05, 0.1) is 10.4 Å². The van der Waals surface area contributed by atoms with Gasteiger partial charge in [-0.25, -0.2) is 13.2 Å². The molecule has 1 N–H and O–H groups in total. The largest absolute Gasteiger partial charge is 0.419 e. The van der Waals surface area contributed by atoms with Crippen molar-refractivity contribution in [2.75, 3.05) is 4.72 Å². The Bertz CT molecular complexity index is 1330. The molecule has 0 saturated carbocycles. The molecule has 4 rings (SSSR count). The van der Waals surface area contributed by atoms with E-state index >= 15 is 0 Å². The van der Waals surface area contributed by atoms with Gasteiger partial charge in [0.2, 0.25) is 0 Å². The van der Waals surface area contributed by atoms with Crippen molar-refractivity contribution in [2.45, 2.75) is 18.4 Å². The molecule has 0 bridgehead atoms. The maximum Gasteiger partial charge on any atom is 0.419 e. The van der Waals surface area contributed by atoms with Gasteiger partial charge >= 0.3 is 5.76 Å². The van der Waals surface area contributed by atoms with E-state index in [2.05, 4.69) is 14.9 Å². The lowest BCUT2D eigenvalue weighted by Crippen LogP contribution is -2.13. The van der Waals surface area contributed by atoms with Crippen LogP contribution >= 0.6 is 0 Å². The number of aryl methyl sites for hydroxylation is 2. The van der Waals surface area contributed by atoms with Gasteiger partial charge in [-0.1, -0.05) is 12.1 Å². The number of benzene rings is 2. The normalized spacial score (nSPS) is 11.8. The SMILES string of the molecule is CCn1c(=O)oc2cc(S(=O)(=O)Nc3cccc(-c4nncn4C)c3)ccc21. The highest BCUT2D eigenvalue weighted by Crippen LogP contribution is 2.24. The Labute approximate surface area is 160 Å². The first kappa shape index (κ1) is 18.0. The summed E-state index contributed by atoms with van der Waals surface area (Å²) in [5.41, 5.74) is 1.88. The fraction of sp³-hybridized carbons (Fsp3) is 0.167. The number of anilines is 1. The van der Waals surface area contributed by atoms with Gasteiger partial charge in [-0.05, 0) is 31.2 Å². The van der Waals surface area contributed by atoms with Crippen molar-refractivity contribution in [1.82, 2.24) is 19.3 Å². The molecule has 28 heavy (non-hydrogen) atoms. The number of hydrogen-bond acceptors (Lipinski definition) is 6. The minimum Gasteiger partial charge on any atom is -0.408 e. The van der Waals surface area contributed by atoms with Gasteiger partial charge in [-0.2, -0.15) is 0 Å². The van der Waals surface area contributed by atoms with E-state index in [0.717, 1.165) is 5.56 Å². The summed E-state index contributed by atoms with van der Waals surface area (Å²) in [7, 11) is -2.07. The summed E-state index contributed by atoms with van der Waals surface area (Å²) in [5.74, 6) is 0.0986. The van der Waals surface area contributed by atoms with Gasteiger partial charge in [-0.15, -0.1) is 10.2 Å². The van der Waals surface area contributed by atoms with Gasteiger partial charge in [0, 0.05) is 30.9 Å². The Morgan fingerprint density at radius 1 is 1.18 bits per heavy atom. The molecule has 0 amide bonds. The van der Waals surface area contributed by atoms with Gasteiger partial charge in [-0.3, -0.25) is 9.29 Å². The summed E-state index contributed by atoms with van der Waals surface area (Å²) in [6, 6.07) is 11.2. The first-order valence-corrected chi connectivity index (χ1v) is 9.98. The van der Waals surface area contributed by atoms with E-state index in [9.17, 15) is 13.2 Å². The van der Waals surface area contributed by atoms with Crippen LogP contribution in [0.15, 0.2) is 62.9 Å². The summed E-state index contributed by atoms with van der Waals surface area (Å²) in [6.07, 6.45) is 1.57. The molecule has 9 nitrogen and oxygen atoms in total. The molecule has 2 heterocycles. The summed E-state index contributed by atoms with van der Waals surface area (Å²) in [6.45, 7) is 2.25. The standard InChI is InChI=1S/C18H17N5O4S/c1-3-23-15-8-7-14(10-16(15)27-18(23)24)28(25,26)21-13-6-4-5-12(9-13)17-20-19-11-22(17)2/h4-11,21H,3H2,1-2H3. The first-order chi connectivity index (χ1) is 13.4. The van der Waals surface area contributed by atoms with E-state index in [1.54, 1.807) is 42.2 Å². The van der Waals surface area contributed by atoms with Crippen molar-refractivity contribution in [3.05, 3.63) is 59.3 Å². The molecule has 0 radical (unpaired) electrons. The molecule has 0 unspecified atom stereocenters. The van der Waals surface area contributed by atoms with E-state index in [1.165, 1.54) is 16.7 Å². The van der Waals surface area contributed by atoms with E-state index in [1.807, 2.05) is 13.0 Å². The van der Waals surface area contributed by atoms with Crippen molar-refractivity contribution in [2.24, 2.45) is 7.05 Å². The Morgan fingerprint density at radius 3 is 2.71 bits per heavy atom. The van der Waals surface area contributed by atoms with Crippen LogP contribution in [0.4, 0.5) is 5.69 Å². The molecule has 144 valence electrons. The third-order valence-corrected chi connectivity index (χ3v) is 5.73. The Hall–Kier alpha value is -3.40. The van der Waals surface area contributed by atoms with Crippen molar-refractivity contribution in [1.29, 1.82) is 0 Å². The third-order valence-electron chi connectivity index (χ3n) is 4.35. The first-order valence-electron chi connectivity index (χ1n) is 8.49. The number of fused-ring (bicyclic) bond motifs is 1. The molecule has 4 aromatic rings. The summed E-state index contributed by atoms with van der Waals surface area (Å²) >= 11 is 0. The second kappa shape index (κ2) is 6.64. The van der Waals surface area contributed by atoms with Crippen LogP contribution in [-0.2, 0) is 23.6 Å². The van der Waals surface area contributed by atoms with Gasteiger partial charge in [0.25, 0.3) is 10.0 Å².